The van der Waals surface area contributed by atoms with Crippen LogP contribution in [-0.4, -0.2) is 23.3 Å². The van der Waals surface area contributed by atoms with Crippen LogP contribution in [0.5, 0.6) is 0 Å². The van der Waals surface area contributed by atoms with E-state index in [9.17, 15) is 9.59 Å². The van der Waals surface area contributed by atoms with Gasteiger partial charge in [-0.1, -0.05) is 40.2 Å². The smallest absolute Gasteiger partial charge is 0.257 e. The Morgan fingerprint density at radius 2 is 1.93 bits per heavy atom. The van der Waals surface area contributed by atoms with Crippen molar-refractivity contribution in [3.05, 3.63) is 76.4 Å². The maximum absolute atomic E-state index is 12.9. The van der Waals surface area contributed by atoms with Crippen LogP contribution in [0.2, 0.25) is 0 Å². The number of rotatable bonds is 4. The van der Waals surface area contributed by atoms with Crippen molar-refractivity contribution in [2.24, 2.45) is 0 Å². The Morgan fingerprint density at radius 3 is 2.66 bits per heavy atom. The number of nitrogens with zero attached hydrogens (tertiary/aromatic N) is 2. The predicted molar refractivity (Wildman–Crippen MR) is 118 cm³/mol. The minimum atomic E-state index is -0.241. The normalized spacial score (nSPS) is 13.6. The lowest BCUT2D eigenvalue weighted by Crippen LogP contribution is -2.25. The van der Waals surface area contributed by atoms with E-state index in [-0.39, 0.29) is 11.8 Å². The number of pyridine rings is 1. The maximum Gasteiger partial charge on any atom is 0.257 e. The van der Waals surface area contributed by atoms with Crippen molar-refractivity contribution < 1.29 is 9.59 Å². The van der Waals surface area contributed by atoms with Crippen LogP contribution in [0.3, 0.4) is 0 Å². The quantitative estimate of drug-likeness (QED) is 0.595. The molecule has 0 spiro atoms. The van der Waals surface area contributed by atoms with Gasteiger partial charge < -0.3 is 10.2 Å². The second-order valence-electron chi connectivity index (χ2n) is 6.96. The van der Waals surface area contributed by atoms with E-state index in [1.807, 2.05) is 61.5 Å². The number of anilines is 2. The van der Waals surface area contributed by atoms with E-state index >= 15 is 0 Å². The second-order valence-corrected chi connectivity index (χ2v) is 7.88. The van der Waals surface area contributed by atoms with Gasteiger partial charge in [-0.05, 0) is 49.7 Å². The van der Waals surface area contributed by atoms with Crippen LogP contribution in [0.4, 0.5) is 11.4 Å². The van der Waals surface area contributed by atoms with Crippen molar-refractivity contribution in [2.75, 3.05) is 16.8 Å². The molecule has 0 bridgehead atoms. The lowest BCUT2D eigenvalue weighted by molar-refractivity contribution is -0.117. The summed E-state index contributed by atoms with van der Waals surface area (Å²) in [6, 6.07) is 18.9. The zero-order chi connectivity index (χ0) is 20.4. The summed E-state index contributed by atoms with van der Waals surface area (Å²) in [6.07, 6.45) is 1.38. The average molecular weight is 450 g/mol. The molecule has 1 saturated heterocycles. The Hall–Kier alpha value is -2.99. The van der Waals surface area contributed by atoms with Gasteiger partial charge in [0.1, 0.15) is 0 Å². The lowest BCUT2D eigenvalue weighted by Gasteiger charge is -2.20. The summed E-state index contributed by atoms with van der Waals surface area (Å²) in [5.74, 6) is -0.155. The van der Waals surface area contributed by atoms with Crippen molar-refractivity contribution in [1.29, 1.82) is 0 Å². The molecule has 2 heterocycles. The van der Waals surface area contributed by atoms with Gasteiger partial charge in [-0.3, -0.25) is 14.6 Å². The van der Waals surface area contributed by atoms with Crippen molar-refractivity contribution in [1.82, 2.24) is 4.98 Å². The molecule has 1 aliphatic heterocycles. The van der Waals surface area contributed by atoms with E-state index in [4.69, 9.17) is 0 Å². The number of aryl methyl sites for hydroxylation is 1. The molecule has 1 aliphatic rings. The van der Waals surface area contributed by atoms with Gasteiger partial charge in [0.25, 0.3) is 5.91 Å². The topological polar surface area (TPSA) is 62.3 Å². The first kappa shape index (κ1) is 19.3. The minimum absolute atomic E-state index is 0.0860. The number of carbonyl (C=O) groups is 2. The molecular formula is C23H20BrN3O2. The Balaban J connectivity index is 1.59. The number of carbonyl (C=O) groups excluding carboxylic acids is 2. The van der Waals surface area contributed by atoms with Crippen LogP contribution >= 0.6 is 15.9 Å². The van der Waals surface area contributed by atoms with E-state index in [1.54, 1.807) is 11.0 Å². The van der Waals surface area contributed by atoms with E-state index in [0.29, 0.717) is 29.9 Å². The molecule has 0 saturated carbocycles. The van der Waals surface area contributed by atoms with Gasteiger partial charge in [-0.25, -0.2) is 0 Å². The largest absolute Gasteiger partial charge is 0.320 e. The summed E-state index contributed by atoms with van der Waals surface area (Å²) >= 11 is 3.47. The van der Waals surface area contributed by atoms with Gasteiger partial charge in [0, 0.05) is 23.0 Å². The number of amides is 2. The number of para-hydroxylation sites is 2. The first-order valence-corrected chi connectivity index (χ1v) is 10.3. The number of benzene rings is 2. The molecule has 0 radical (unpaired) electrons. The molecule has 4 rings (SSSR count). The van der Waals surface area contributed by atoms with Crippen LogP contribution < -0.4 is 10.2 Å². The summed E-state index contributed by atoms with van der Waals surface area (Å²) in [4.78, 5) is 31.4. The fraction of sp³-hybridized carbons (Fsp3) is 0.174. The van der Waals surface area contributed by atoms with Gasteiger partial charge in [0.15, 0.2) is 0 Å². The number of halogens is 1. The van der Waals surface area contributed by atoms with Crippen LogP contribution in [0, 0.1) is 6.92 Å². The third-order valence-corrected chi connectivity index (χ3v) is 5.46. The lowest BCUT2D eigenvalue weighted by atomic mass is 10.1. The fourth-order valence-corrected chi connectivity index (χ4v) is 3.92. The average Bonchev–Trinajstić information content (AvgIpc) is 3.14. The van der Waals surface area contributed by atoms with E-state index in [2.05, 4.69) is 26.2 Å². The van der Waals surface area contributed by atoms with Gasteiger partial charge in [0.05, 0.1) is 28.3 Å². The third-order valence-electron chi connectivity index (χ3n) is 4.97. The molecule has 2 amide bonds. The van der Waals surface area contributed by atoms with Crippen molar-refractivity contribution in [2.45, 2.75) is 19.8 Å². The molecule has 0 aliphatic carbocycles. The van der Waals surface area contributed by atoms with Crippen molar-refractivity contribution in [3.8, 4) is 11.3 Å². The molecule has 0 atom stereocenters. The number of hydrogen-bond acceptors (Lipinski definition) is 3. The molecule has 1 aromatic heterocycles. The van der Waals surface area contributed by atoms with Crippen LogP contribution in [0.1, 0.15) is 28.9 Å². The zero-order valence-corrected chi connectivity index (χ0v) is 17.6. The van der Waals surface area contributed by atoms with Crippen LogP contribution in [-0.2, 0) is 4.79 Å². The summed E-state index contributed by atoms with van der Waals surface area (Å²) < 4.78 is 0.976. The van der Waals surface area contributed by atoms with Crippen LogP contribution in [0.15, 0.2) is 65.1 Å². The van der Waals surface area contributed by atoms with Crippen LogP contribution in [0.25, 0.3) is 11.3 Å². The monoisotopic (exact) mass is 449 g/mol. The highest BCUT2D eigenvalue weighted by Crippen LogP contribution is 2.30. The molecule has 2 aromatic carbocycles. The first-order chi connectivity index (χ1) is 14.0. The Morgan fingerprint density at radius 1 is 1.10 bits per heavy atom. The molecular weight excluding hydrogens is 430 g/mol. The molecule has 146 valence electrons. The van der Waals surface area contributed by atoms with Gasteiger partial charge in [-0.2, -0.15) is 0 Å². The number of hydrogen-bond donors (Lipinski definition) is 1. The molecule has 5 nitrogen and oxygen atoms in total. The minimum Gasteiger partial charge on any atom is -0.320 e. The maximum atomic E-state index is 12.9. The summed E-state index contributed by atoms with van der Waals surface area (Å²) in [5.41, 5.74) is 4.31. The zero-order valence-electron chi connectivity index (χ0n) is 16.0. The second kappa shape index (κ2) is 8.17. The standard InChI is InChI=1S/C23H20BrN3O2/c1-15-18(11-12-19(25-15)16-6-4-7-17(24)14-16)23(29)26-20-8-2-3-9-21(20)27-13-5-10-22(27)28/h2-4,6-9,11-12,14H,5,10,13H2,1H3,(H,26,29). The molecule has 1 fully saturated rings. The highest BCUT2D eigenvalue weighted by Gasteiger charge is 2.24. The molecule has 1 N–H and O–H groups in total. The van der Waals surface area contributed by atoms with Gasteiger partial charge >= 0.3 is 0 Å². The SMILES string of the molecule is Cc1nc(-c2cccc(Br)c2)ccc1C(=O)Nc1ccccc1N1CCCC1=O. The molecule has 29 heavy (non-hydrogen) atoms. The summed E-state index contributed by atoms with van der Waals surface area (Å²) in [7, 11) is 0. The van der Waals surface area contributed by atoms with E-state index in [0.717, 1.165) is 27.8 Å². The van der Waals surface area contributed by atoms with E-state index < -0.39 is 0 Å². The van der Waals surface area contributed by atoms with Crippen molar-refractivity contribution in [3.63, 3.8) is 0 Å². The highest BCUT2D eigenvalue weighted by atomic mass is 79.9. The summed E-state index contributed by atoms with van der Waals surface area (Å²) in [6.45, 7) is 2.50. The number of nitrogens with one attached hydrogen (secondary N) is 1. The highest BCUT2D eigenvalue weighted by molar-refractivity contribution is 9.10. The van der Waals surface area contributed by atoms with E-state index in [1.165, 1.54) is 0 Å². The molecule has 3 aromatic rings. The third kappa shape index (κ3) is 4.07. The fourth-order valence-electron chi connectivity index (χ4n) is 3.52. The summed E-state index contributed by atoms with van der Waals surface area (Å²) in [5, 5.41) is 2.95. The van der Waals surface area contributed by atoms with Crippen molar-refractivity contribution >= 4 is 39.1 Å². The molecule has 0 unspecified atom stereocenters. The van der Waals surface area contributed by atoms with Gasteiger partial charge in [-0.15, -0.1) is 0 Å². The predicted octanol–water partition coefficient (Wildman–Crippen LogP) is 5.20. The van der Waals surface area contributed by atoms with Gasteiger partial charge in [0.2, 0.25) is 5.91 Å². The Kier molecular flexibility index (Phi) is 5.45. The Bertz CT molecular complexity index is 1100. The Labute approximate surface area is 177 Å². The number of aromatic nitrogens is 1. The molecule has 6 heteroatoms. The first-order valence-electron chi connectivity index (χ1n) is 9.47.